The quantitative estimate of drug-likeness (QED) is 0.354. The largest absolute Gasteiger partial charge is 0.417 e. The van der Waals surface area contributed by atoms with E-state index in [-0.39, 0.29) is 35.6 Å². The van der Waals surface area contributed by atoms with Crippen LogP contribution in [-0.2, 0) is 11.3 Å². The van der Waals surface area contributed by atoms with Gasteiger partial charge in [-0.25, -0.2) is 9.37 Å². The Morgan fingerprint density at radius 3 is 2.80 bits per heavy atom. The SMILES string of the molecule is C=C(c1nc(/C=C/CNC(=O)c2ccn(CCOC)n2)cc2c(N[C@@H]3CCN(C)C[C@@H]3F)cccc12)C(F)(F)F. The van der Waals surface area contributed by atoms with E-state index >= 15 is 0 Å². The molecule has 12 heteroatoms. The maximum atomic E-state index is 14.7. The van der Waals surface area contributed by atoms with E-state index in [1.165, 1.54) is 6.08 Å². The standard InChI is InChI=1S/C28H32F4N6O2/c1-18(28(30,31)32)26-20-7-4-8-23(35-24-9-12-37(2)17-22(24)29)21(20)16-19(34-26)6-5-11-33-27(39)25-10-13-38(36-25)14-15-40-3/h4-8,10,13,16,22,24,35H,1,9,11-12,14-15,17H2,2-3H3,(H,33,39)/b6-5+/t22-,24+/m0/s1. The van der Waals surface area contributed by atoms with Gasteiger partial charge >= 0.3 is 6.18 Å². The van der Waals surface area contributed by atoms with Crippen molar-refractivity contribution in [1.82, 2.24) is 25.0 Å². The normalized spacial score (nSPS) is 18.4. The van der Waals surface area contributed by atoms with Crippen LogP contribution in [0.2, 0.25) is 0 Å². The van der Waals surface area contributed by atoms with E-state index in [0.29, 0.717) is 37.2 Å². The molecule has 1 aromatic carbocycles. The Balaban J connectivity index is 1.57. The number of allylic oxidation sites excluding steroid dienone is 1. The minimum Gasteiger partial charge on any atom is -0.383 e. The molecule has 2 N–H and O–H groups in total. The van der Waals surface area contributed by atoms with Gasteiger partial charge in [-0.1, -0.05) is 24.8 Å². The lowest BCUT2D eigenvalue weighted by Crippen LogP contribution is -2.46. The number of nitrogens with one attached hydrogen (secondary N) is 2. The summed E-state index contributed by atoms with van der Waals surface area (Å²) in [6.07, 6.45) is -0.495. The van der Waals surface area contributed by atoms with Gasteiger partial charge in [0, 0.05) is 49.4 Å². The molecule has 1 amide bonds. The van der Waals surface area contributed by atoms with Crippen molar-refractivity contribution in [3.05, 3.63) is 66.3 Å². The molecule has 214 valence electrons. The molecule has 0 radical (unpaired) electrons. The maximum Gasteiger partial charge on any atom is 0.417 e. The highest BCUT2D eigenvalue weighted by molar-refractivity contribution is 6.01. The van der Waals surface area contributed by atoms with Gasteiger partial charge in [-0.3, -0.25) is 9.48 Å². The zero-order valence-electron chi connectivity index (χ0n) is 22.3. The number of pyridine rings is 1. The number of piperidine rings is 1. The van der Waals surface area contributed by atoms with Crippen molar-refractivity contribution in [2.45, 2.75) is 31.4 Å². The number of halogens is 4. The van der Waals surface area contributed by atoms with Gasteiger partial charge in [0.15, 0.2) is 0 Å². The van der Waals surface area contributed by atoms with Crippen LogP contribution in [0.5, 0.6) is 0 Å². The van der Waals surface area contributed by atoms with Gasteiger partial charge in [-0.05, 0) is 37.7 Å². The number of hydrogen-bond acceptors (Lipinski definition) is 6. The van der Waals surface area contributed by atoms with E-state index in [1.54, 1.807) is 54.4 Å². The summed E-state index contributed by atoms with van der Waals surface area (Å²) < 4.78 is 62.4. The first-order valence-electron chi connectivity index (χ1n) is 12.8. The summed E-state index contributed by atoms with van der Waals surface area (Å²) in [5.41, 5.74) is -0.405. The van der Waals surface area contributed by atoms with Crippen molar-refractivity contribution in [3.8, 4) is 0 Å². The van der Waals surface area contributed by atoms with Gasteiger partial charge in [-0.2, -0.15) is 18.3 Å². The van der Waals surface area contributed by atoms with Gasteiger partial charge in [0.25, 0.3) is 5.91 Å². The molecule has 1 fully saturated rings. The minimum atomic E-state index is -4.69. The molecule has 0 saturated carbocycles. The van der Waals surface area contributed by atoms with E-state index in [0.717, 1.165) is 0 Å². The number of carbonyl (C=O) groups excluding carboxylic acids is 1. The Kier molecular flexibility index (Phi) is 9.21. The number of aromatic nitrogens is 3. The summed E-state index contributed by atoms with van der Waals surface area (Å²) in [5.74, 6) is -0.399. The van der Waals surface area contributed by atoms with Crippen LogP contribution >= 0.6 is 0 Å². The van der Waals surface area contributed by atoms with Crippen molar-refractivity contribution in [2.24, 2.45) is 0 Å². The number of ether oxygens (including phenoxy) is 1. The van der Waals surface area contributed by atoms with Gasteiger partial charge in [0.1, 0.15) is 11.9 Å². The fourth-order valence-electron chi connectivity index (χ4n) is 4.51. The smallest absolute Gasteiger partial charge is 0.383 e. The fraction of sp³-hybridized carbons (Fsp3) is 0.393. The molecule has 1 aliphatic rings. The predicted octanol–water partition coefficient (Wildman–Crippen LogP) is 4.55. The number of nitrogens with zero attached hydrogens (tertiary/aromatic N) is 4. The summed E-state index contributed by atoms with van der Waals surface area (Å²) in [7, 11) is 3.42. The lowest BCUT2D eigenvalue weighted by molar-refractivity contribution is -0.0688. The average Bonchev–Trinajstić information content (AvgIpc) is 3.39. The van der Waals surface area contributed by atoms with Crippen molar-refractivity contribution in [3.63, 3.8) is 0 Å². The average molecular weight is 561 g/mol. The fourth-order valence-corrected chi connectivity index (χ4v) is 4.51. The highest BCUT2D eigenvalue weighted by atomic mass is 19.4. The number of rotatable bonds is 10. The predicted molar refractivity (Wildman–Crippen MR) is 147 cm³/mol. The Hall–Kier alpha value is -3.77. The molecule has 0 aliphatic carbocycles. The van der Waals surface area contributed by atoms with Crippen LogP contribution < -0.4 is 10.6 Å². The number of benzene rings is 1. The summed E-state index contributed by atoms with van der Waals surface area (Å²) in [5, 5.41) is 10.8. The van der Waals surface area contributed by atoms with Gasteiger partial charge in [-0.15, -0.1) is 0 Å². The third-order valence-corrected chi connectivity index (χ3v) is 6.67. The third kappa shape index (κ3) is 7.05. The highest BCUT2D eigenvalue weighted by Crippen LogP contribution is 2.37. The van der Waals surface area contributed by atoms with E-state index in [9.17, 15) is 22.4 Å². The Labute approximate surface area is 229 Å². The number of anilines is 1. The summed E-state index contributed by atoms with van der Waals surface area (Å²) >= 11 is 0. The number of methoxy groups -OCH3 is 1. The molecule has 1 saturated heterocycles. The first-order chi connectivity index (χ1) is 19.1. The lowest BCUT2D eigenvalue weighted by atomic mass is 9.99. The minimum absolute atomic E-state index is 0.0953. The summed E-state index contributed by atoms with van der Waals surface area (Å²) in [6, 6.07) is 7.62. The topological polar surface area (TPSA) is 84.3 Å². The molecule has 40 heavy (non-hydrogen) atoms. The Morgan fingerprint density at radius 1 is 1.27 bits per heavy atom. The van der Waals surface area contributed by atoms with Crippen LogP contribution in [0.25, 0.3) is 22.4 Å². The van der Waals surface area contributed by atoms with Crippen molar-refractivity contribution in [2.75, 3.05) is 45.7 Å². The molecule has 3 aromatic rings. The first kappa shape index (κ1) is 29.2. The van der Waals surface area contributed by atoms with E-state index in [2.05, 4.69) is 27.3 Å². The molecule has 4 rings (SSSR count). The molecule has 0 spiro atoms. The Bertz CT molecular complexity index is 1390. The molecule has 2 atom stereocenters. The number of fused-ring (bicyclic) bond motifs is 1. The van der Waals surface area contributed by atoms with Crippen LogP contribution in [0, 0.1) is 0 Å². The number of carbonyl (C=O) groups is 1. The summed E-state index contributed by atoms with van der Waals surface area (Å²) in [4.78, 5) is 18.5. The van der Waals surface area contributed by atoms with Crippen molar-refractivity contribution in [1.29, 1.82) is 0 Å². The molecular weight excluding hydrogens is 528 g/mol. The molecule has 0 bridgehead atoms. The second-order valence-corrected chi connectivity index (χ2v) is 9.66. The molecule has 1 aliphatic heterocycles. The third-order valence-electron chi connectivity index (χ3n) is 6.67. The number of alkyl halides is 4. The van der Waals surface area contributed by atoms with Gasteiger partial charge in [0.2, 0.25) is 0 Å². The van der Waals surface area contributed by atoms with Crippen LogP contribution in [0.15, 0.2) is 49.2 Å². The first-order valence-corrected chi connectivity index (χ1v) is 12.8. The molecule has 8 nitrogen and oxygen atoms in total. The molecule has 2 aromatic heterocycles. The van der Waals surface area contributed by atoms with E-state index in [4.69, 9.17) is 4.74 Å². The van der Waals surface area contributed by atoms with Gasteiger partial charge < -0.3 is 20.3 Å². The van der Waals surface area contributed by atoms with Crippen LogP contribution in [-0.4, -0.2) is 84.4 Å². The van der Waals surface area contributed by atoms with Gasteiger partial charge in [0.05, 0.1) is 36.2 Å². The van der Waals surface area contributed by atoms with Crippen LogP contribution in [0.3, 0.4) is 0 Å². The van der Waals surface area contributed by atoms with E-state index in [1.807, 2.05) is 11.9 Å². The van der Waals surface area contributed by atoms with E-state index < -0.39 is 29.9 Å². The molecule has 0 unspecified atom stereocenters. The monoisotopic (exact) mass is 560 g/mol. The number of amides is 1. The highest BCUT2D eigenvalue weighted by Gasteiger charge is 2.35. The summed E-state index contributed by atoms with van der Waals surface area (Å²) in [6.45, 7) is 5.28. The molecular formula is C28H32F4N6O2. The zero-order chi connectivity index (χ0) is 28.9. The lowest BCUT2D eigenvalue weighted by Gasteiger charge is -2.33. The number of hydrogen-bond donors (Lipinski definition) is 2. The second kappa shape index (κ2) is 12.6. The maximum absolute atomic E-state index is 14.7. The van der Waals surface area contributed by atoms with Crippen molar-refractivity contribution < 1.29 is 27.1 Å². The van der Waals surface area contributed by atoms with Crippen LogP contribution in [0.4, 0.5) is 23.2 Å². The van der Waals surface area contributed by atoms with Crippen molar-refractivity contribution >= 4 is 34.0 Å². The molecule has 3 heterocycles. The zero-order valence-corrected chi connectivity index (χ0v) is 22.3. The second-order valence-electron chi connectivity index (χ2n) is 9.66. The number of likely N-dealkylation sites (tertiary alicyclic amines) is 1. The van der Waals surface area contributed by atoms with Crippen LogP contribution in [0.1, 0.15) is 28.3 Å². The Morgan fingerprint density at radius 2 is 2.08 bits per heavy atom.